The molecule has 0 aromatic carbocycles. The van der Waals surface area contributed by atoms with Gasteiger partial charge in [-0.3, -0.25) is 0 Å². The van der Waals surface area contributed by atoms with Crippen molar-refractivity contribution in [3.63, 3.8) is 0 Å². The summed E-state index contributed by atoms with van der Waals surface area (Å²) >= 11 is 3.65. The zero-order chi connectivity index (χ0) is 6.78. The highest BCUT2D eigenvalue weighted by Crippen LogP contribution is 1.95. The third kappa shape index (κ3) is 6.22. The monoisotopic (exact) mass is 158 g/mol. The van der Waals surface area contributed by atoms with Gasteiger partial charge in [-0.05, 0) is 6.92 Å². The Balaban J connectivity index is 3.75. The fourth-order valence-corrected chi connectivity index (χ4v) is 1.03. The second kappa shape index (κ2) is 2.67. The van der Waals surface area contributed by atoms with Gasteiger partial charge in [-0.25, -0.2) is 9.32 Å². The van der Waals surface area contributed by atoms with Crippen LogP contribution < -0.4 is 5.14 Å². The molecule has 0 radical (unpaired) electrons. The molecule has 0 heterocycles. The van der Waals surface area contributed by atoms with Crippen LogP contribution in [0.5, 0.6) is 0 Å². The van der Waals surface area contributed by atoms with E-state index in [2.05, 4.69) is 22.0 Å². The SMILES string of the molecule is CC(S)OS([NH3+])(=O)=O. The van der Waals surface area contributed by atoms with Crippen molar-refractivity contribution in [1.29, 1.82) is 0 Å². The van der Waals surface area contributed by atoms with Crippen LogP contribution in [0.1, 0.15) is 6.92 Å². The molecule has 0 rings (SSSR count). The van der Waals surface area contributed by atoms with Crippen molar-refractivity contribution in [3.8, 4) is 0 Å². The normalized spacial score (nSPS) is 15.9. The lowest BCUT2D eigenvalue weighted by Gasteiger charge is -1.97. The quantitative estimate of drug-likeness (QED) is 0.390. The van der Waals surface area contributed by atoms with Gasteiger partial charge in [0.25, 0.3) is 0 Å². The molecule has 0 amide bonds. The Labute approximate surface area is 53.7 Å². The Bertz CT molecular complexity index is 149. The molecule has 6 heteroatoms. The first-order chi connectivity index (χ1) is 3.42. The Morgan fingerprint density at radius 3 is 2.12 bits per heavy atom. The molecule has 0 aromatic rings. The summed E-state index contributed by atoms with van der Waals surface area (Å²) in [5, 5.41) is 2.71. The van der Waals surface area contributed by atoms with E-state index < -0.39 is 15.7 Å². The molecule has 4 nitrogen and oxygen atoms in total. The zero-order valence-electron chi connectivity index (χ0n) is 4.36. The van der Waals surface area contributed by atoms with Crippen LogP contribution in [0.25, 0.3) is 0 Å². The number of thiol groups is 1. The van der Waals surface area contributed by atoms with Crippen molar-refractivity contribution in [3.05, 3.63) is 0 Å². The van der Waals surface area contributed by atoms with E-state index in [9.17, 15) is 8.42 Å². The molecule has 3 N–H and O–H groups in total. The first kappa shape index (κ1) is 8.22. The number of quaternary nitrogens is 1. The van der Waals surface area contributed by atoms with Crippen molar-refractivity contribution >= 4 is 22.9 Å². The van der Waals surface area contributed by atoms with E-state index >= 15 is 0 Å². The molecule has 0 aliphatic carbocycles. The standard InChI is InChI=1S/C2H7NO3S2/c1-2(7)6-8(3,4)5/h2,7H,1H3,(H2,3,4,5)/p+1. The molecule has 8 heavy (non-hydrogen) atoms. The predicted octanol–water partition coefficient (Wildman–Crippen LogP) is -1.23. The minimum atomic E-state index is -3.55. The van der Waals surface area contributed by atoms with Crippen LogP contribution in [0, 0.1) is 0 Å². The maximum atomic E-state index is 10.1. The Morgan fingerprint density at radius 1 is 1.75 bits per heavy atom. The minimum absolute atomic E-state index is 0.613. The highest BCUT2D eigenvalue weighted by molar-refractivity contribution is 7.83. The summed E-state index contributed by atoms with van der Waals surface area (Å²) in [6.07, 6.45) is 0. The summed E-state index contributed by atoms with van der Waals surface area (Å²) in [7, 11) is -3.55. The number of hydrogen-bond acceptors (Lipinski definition) is 4. The molecule has 50 valence electrons. The van der Waals surface area contributed by atoms with Crippen molar-refractivity contribution in [2.45, 2.75) is 12.4 Å². The molecule has 1 unspecified atom stereocenters. The lowest BCUT2D eigenvalue weighted by Crippen LogP contribution is -2.57. The highest BCUT2D eigenvalue weighted by atomic mass is 32.2. The summed E-state index contributed by atoms with van der Waals surface area (Å²) < 4.78 is 24.3. The summed E-state index contributed by atoms with van der Waals surface area (Å²) in [6, 6.07) is 0. The fraction of sp³-hybridized carbons (Fsp3) is 1.00. The van der Waals surface area contributed by atoms with Crippen molar-refractivity contribution in [1.82, 2.24) is 0 Å². The van der Waals surface area contributed by atoms with Gasteiger partial charge in [-0.1, -0.05) is 0 Å². The molecule has 0 saturated carbocycles. The third-order valence-electron chi connectivity index (χ3n) is 0.286. The Hall–Kier alpha value is 0.220. The summed E-state index contributed by atoms with van der Waals surface area (Å²) in [5.41, 5.74) is -0.613. The lowest BCUT2D eigenvalue weighted by molar-refractivity contribution is -0.186. The van der Waals surface area contributed by atoms with Gasteiger partial charge in [-0.2, -0.15) is 0 Å². The number of hydrogen-bond donors (Lipinski definition) is 2. The molecule has 0 fully saturated rings. The topological polar surface area (TPSA) is 71.0 Å². The third-order valence-corrected chi connectivity index (χ3v) is 1.12. The molecule has 0 spiro atoms. The second-order valence-electron chi connectivity index (χ2n) is 1.25. The van der Waals surface area contributed by atoms with Gasteiger partial charge in [0.05, 0.1) is 0 Å². The highest BCUT2D eigenvalue weighted by Gasteiger charge is 2.08. The Morgan fingerprint density at radius 2 is 2.12 bits per heavy atom. The first-order valence-corrected chi connectivity index (χ1v) is 3.95. The van der Waals surface area contributed by atoms with E-state index in [0.717, 1.165) is 0 Å². The fourth-order valence-electron chi connectivity index (χ4n) is 0.212. The summed E-state index contributed by atoms with van der Waals surface area (Å²) in [6.45, 7) is 1.49. The van der Waals surface area contributed by atoms with Crippen LogP contribution in [0.15, 0.2) is 0 Å². The van der Waals surface area contributed by atoms with Crippen LogP contribution in [0.2, 0.25) is 0 Å². The second-order valence-corrected chi connectivity index (χ2v) is 3.29. The number of rotatable bonds is 2. The zero-order valence-corrected chi connectivity index (χ0v) is 6.08. The van der Waals surface area contributed by atoms with Gasteiger partial charge < -0.3 is 0 Å². The van der Waals surface area contributed by atoms with Crippen molar-refractivity contribution in [2.75, 3.05) is 0 Å². The molecule has 0 aromatic heterocycles. The largest absolute Gasteiger partial charge is 0.431 e. The molecular weight excluding hydrogens is 150 g/mol. The summed E-state index contributed by atoms with van der Waals surface area (Å²) in [4.78, 5) is 0. The van der Waals surface area contributed by atoms with E-state index in [1.807, 2.05) is 0 Å². The molecule has 0 aliphatic heterocycles. The lowest BCUT2D eigenvalue weighted by atomic mass is 10.9. The van der Waals surface area contributed by atoms with Gasteiger partial charge in [0.1, 0.15) is 5.44 Å². The van der Waals surface area contributed by atoms with Crippen LogP contribution >= 0.6 is 12.6 Å². The van der Waals surface area contributed by atoms with Crippen LogP contribution in [0.4, 0.5) is 0 Å². The average Bonchev–Trinajstić information content (AvgIpc) is 1.21. The Kier molecular flexibility index (Phi) is 2.75. The predicted molar refractivity (Wildman–Crippen MR) is 31.3 cm³/mol. The maximum absolute atomic E-state index is 10.1. The molecule has 0 saturated heterocycles. The summed E-state index contributed by atoms with van der Waals surface area (Å²) in [5.74, 6) is 0. The van der Waals surface area contributed by atoms with E-state index in [1.165, 1.54) is 6.92 Å². The van der Waals surface area contributed by atoms with E-state index in [4.69, 9.17) is 0 Å². The first-order valence-electron chi connectivity index (χ1n) is 1.86. The van der Waals surface area contributed by atoms with Gasteiger partial charge in [-0.15, -0.1) is 21.0 Å². The smallest absolute Gasteiger partial charge is 0.227 e. The van der Waals surface area contributed by atoms with Gasteiger partial charge >= 0.3 is 10.3 Å². The van der Waals surface area contributed by atoms with E-state index in [0.29, 0.717) is 0 Å². The van der Waals surface area contributed by atoms with Gasteiger partial charge in [0.15, 0.2) is 0 Å². The maximum Gasteiger partial charge on any atom is 0.431 e. The van der Waals surface area contributed by atoms with E-state index in [-0.39, 0.29) is 0 Å². The van der Waals surface area contributed by atoms with Crippen LogP contribution in [0.3, 0.4) is 0 Å². The van der Waals surface area contributed by atoms with Gasteiger partial charge in [0, 0.05) is 0 Å². The molecular formula is C2H8NO3S2+. The van der Waals surface area contributed by atoms with Crippen molar-refractivity contribution in [2.24, 2.45) is 0 Å². The van der Waals surface area contributed by atoms with Crippen LogP contribution in [-0.4, -0.2) is 13.9 Å². The molecule has 0 bridgehead atoms. The average molecular weight is 158 g/mol. The van der Waals surface area contributed by atoms with E-state index in [1.54, 1.807) is 0 Å². The van der Waals surface area contributed by atoms with Crippen LogP contribution in [-0.2, 0) is 14.5 Å². The molecule has 0 aliphatic rings. The minimum Gasteiger partial charge on any atom is -0.227 e. The van der Waals surface area contributed by atoms with Crippen molar-refractivity contribution < 1.29 is 17.7 Å². The van der Waals surface area contributed by atoms with Gasteiger partial charge in [0.2, 0.25) is 0 Å². The molecule has 1 atom stereocenters.